The summed E-state index contributed by atoms with van der Waals surface area (Å²) >= 11 is 0. The number of nitrogens with zero attached hydrogens (tertiary/aromatic N) is 2. The molecule has 0 unspecified atom stereocenters. The summed E-state index contributed by atoms with van der Waals surface area (Å²) in [6.45, 7) is 3.93. The maximum atomic E-state index is 12.8. The van der Waals surface area contributed by atoms with Gasteiger partial charge in [0.15, 0.2) is 0 Å². The lowest BCUT2D eigenvalue weighted by Gasteiger charge is -2.07. The van der Waals surface area contributed by atoms with Gasteiger partial charge < -0.3 is 0 Å². The molecular formula is C13H13FN2. The van der Waals surface area contributed by atoms with E-state index in [9.17, 15) is 4.39 Å². The lowest BCUT2D eigenvalue weighted by molar-refractivity contribution is 0.627. The Labute approximate surface area is 94.2 Å². The fraction of sp³-hybridized carbons (Fsp3) is 0.231. The highest BCUT2D eigenvalue weighted by atomic mass is 19.1. The van der Waals surface area contributed by atoms with Gasteiger partial charge in [-0.3, -0.25) is 0 Å². The SMILES string of the molecule is Cc1ncnc(C)c1Cc1ccc(F)cc1. The van der Waals surface area contributed by atoms with Gasteiger partial charge in [0.05, 0.1) is 0 Å². The van der Waals surface area contributed by atoms with Crippen LogP contribution in [0.3, 0.4) is 0 Å². The normalized spacial score (nSPS) is 10.4. The summed E-state index contributed by atoms with van der Waals surface area (Å²) in [5.74, 6) is -0.207. The zero-order valence-corrected chi connectivity index (χ0v) is 9.37. The van der Waals surface area contributed by atoms with Crippen LogP contribution in [-0.2, 0) is 6.42 Å². The molecule has 2 rings (SSSR count). The van der Waals surface area contributed by atoms with Gasteiger partial charge in [-0.2, -0.15) is 0 Å². The molecular weight excluding hydrogens is 203 g/mol. The van der Waals surface area contributed by atoms with Crippen molar-refractivity contribution in [3.8, 4) is 0 Å². The van der Waals surface area contributed by atoms with Crippen LogP contribution in [0.15, 0.2) is 30.6 Å². The summed E-state index contributed by atoms with van der Waals surface area (Å²) in [6.07, 6.45) is 2.32. The maximum absolute atomic E-state index is 12.8. The Bertz CT molecular complexity index is 472. The molecule has 0 saturated heterocycles. The zero-order chi connectivity index (χ0) is 11.5. The molecule has 1 aromatic carbocycles. The van der Waals surface area contributed by atoms with Crippen molar-refractivity contribution in [2.24, 2.45) is 0 Å². The van der Waals surface area contributed by atoms with Crippen LogP contribution >= 0.6 is 0 Å². The van der Waals surface area contributed by atoms with Gasteiger partial charge in [0.25, 0.3) is 0 Å². The van der Waals surface area contributed by atoms with Crippen LogP contribution in [0.4, 0.5) is 4.39 Å². The molecule has 0 amide bonds. The minimum Gasteiger partial charge on any atom is -0.241 e. The van der Waals surface area contributed by atoms with Crippen molar-refractivity contribution < 1.29 is 4.39 Å². The predicted octanol–water partition coefficient (Wildman–Crippen LogP) is 2.82. The number of rotatable bonds is 2. The lowest BCUT2D eigenvalue weighted by Crippen LogP contribution is -2.00. The van der Waals surface area contributed by atoms with Gasteiger partial charge >= 0.3 is 0 Å². The van der Waals surface area contributed by atoms with E-state index in [0.717, 1.165) is 28.9 Å². The number of aromatic nitrogens is 2. The average Bonchev–Trinajstić information content (AvgIpc) is 2.26. The topological polar surface area (TPSA) is 25.8 Å². The quantitative estimate of drug-likeness (QED) is 0.771. The summed E-state index contributed by atoms with van der Waals surface area (Å²) < 4.78 is 12.8. The van der Waals surface area contributed by atoms with Gasteiger partial charge in [-0.15, -0.1) is 0 Å². The first-order valence-electron chi connectivity index (χ1n) is 5.18. The molecule has 82 valence electrons. The molecule has 0 aliphatic rings. The third kappa shape index (κ3) is 2.24. The molecule has 3 heteroatoms. The van der Waals surface area contributed by atoms with Crippen LogP contribution in [0.25, 0.3) is 0 Å². The largest absolute Gasteiger partial charge is 0.241 e. The number of halogens is 1. The van der Waals surface area contributed by atoms with E-state index in [1.807, 2.05) is 13.8 Å². The fourth-order valence-corrected chi connectivity index (χ4v) is 1.68. The summed E-state index contributed by atoms with van der Waals surface area (Å²) in [5.41, 5.74) is 4.16. The van der Waals surface area contributed by atoms with Gasteiger partial charge in [0.2, 0.25) is 0 Å². The Morgan fingerprint density at radius 2 is 1.56 bits per heavy atom. The average molecular weight is 216 g/mol. The Hall–Kier alpha value is -1.77. The van der Waals surface area contributed by atoms with Crippen molar-refractivity contribution in [2.45, 2.75) is 20.3 Å². The monoisotopic (exact) mass is 216 g/mol. The first kappa shape index (κ1) is 10.7. The van der Waals surface area contributed by atoms with E-state index in [0.29, 0.717) is 0 Å². The third-order valence-electron chi connectivity index (χ3n) is 2.67. The van der Waals surface area contributed by atoms with E-state index in [4.69, 9.17) is 0 Å². The highest BCUT2D eigenvalue weighted by Gasteiger charge is 2.05. The molecule has 2 nitrogen and oxygen atoms in total. The summed E-state index contributed by atoms with van der Waals surface area (Å²) in [7, 11) is 0. The summed E-state index contributed by atoms with van der Waals surface area (Å²) in [5, 5.41) is 0. The van der Waals surface area contributed by atoms with Crippen LogP contribution in [0.5, 0.6) is 0 Å². The standard InChI is InChI=1S/C13H13FN2/c1-9-13(10(2)16-8-15-9)7-11-3-5-12(14)6-4-11/h3-6,8H,7H2,1-2H3. The Morgan fingerprint density at radius 3 is 2.12 bits per heavy atom. The molecule has 0 aliphatic heterocycles. The molecule has 1 aromatic heterocycles. The van der Waals surface area contributed by atoms with Crippen molar-refractivity contribution in [1.82, 2.24) is 9.97 Å². The predicted molar refractivity (Wildman–Crippen MR) is 60.7 cm³/mol. The Balaban J connectivity index is 2.30. The van der Waals surface area contributed by atoms with Crippen LogP contribution in [0, 0.1) is 19.7 Å². The third-order valence-corrected chi connectivity index (χ3v) is 2.67. The van der Waals surface area contributed by atoms with Crippen LogP contribution in [-0.4, -0.2) is 9.97 Å². The van der Waals surface area contributed by atoms with Crippen molar-refractivity contribution in [1.29, 1.82) is 0 Å². The van der Waals surface area contributed by atoms with E-state index >= 15 is 0 Å². The fourth-order valence-electron chi connectivity index (χ4n) is 1.68. The molecule has 0 bridgehead atoms. The van der Waals surface area contributed by atoms with Crippen molar-refractivity contribution >= 4 is 0 Å². The molecule has 0 spiro atoms. The number of aryl methyl sites for hydroxylation is 2. The van der Waals surface area contributed by atoms with Gasteiger partial charge in [0, 0.05) is 17.8 Å². The molecule has 0 aliphatic carbocycles. The molecule has 0 N–H and O–H groups in total. The van der Waals surface area contributed by atoms with E-state index in [2.05, 4.69) is 9.97 Å². The molecule has 0 atom stereocenters. The molecule has 0 fully saturated rings. The first-order valence-corrected chi connectivity index (χ1v) is 5.18. The highest BCUT2D eigenvalue weighted by Crippen LogP contribution is 2.14. The van der Waals surface area contributed by atoms with Gasteiger partial charge in [-0.05, 0) is 37.1 Å². The first-order chi connectivity index (χ1) is 7.66. The Morgan fingerprint density at radius 1 is 1.00 bits per heavy atom. The maximum Gasteiger partial charge on any atom is 0.123 e. The van der Waals surface area contributed by atoms with Crippen molar-refractivity contribution in [2.75, 3.05) is 0 Å². The summed E-state index contributed by atoms with van der Waals surface area (Å²) in [4.78, 5) is 8.34. The van der Waals surface area contributed by atoms with Crippen molar-refractivity contribution in [3.05, 3.63) is 58.9 Å². The van der Waals surface area contributed by atoms with E-state index in [1.54, 1.807) is 18.5 Å². The van der Waals surface area contributed by atoms with E-state index in [-0.39, 0.29) is 5.82 Å². The Kier molecular flexibility index (Phi) is 2.95. The minimum absolute atomic E-state index is 0.207. The molecule has 0 saturated carbocycles. The van der Waals surface area contributed by atoms with Crippen molar-refractivity contribution in [3.63, 3.8) is 0 Å². The molecule has 1 heterocycles. The molecule has 2 aromatic rings. The smallest absolute Gasteiger partial charge is 0.123 e. The van der Waals surface area contributed by atoms with E-state index in [1.165, 1.54) is 12.1 Å². The van der Waals surface area contributed by atoms with Crippen LogP contribution < -0.4 is 0 Å². The number of benzene rings is 1. The van der Waals surface area contributed by atoms with E-state index < -0.39 is 0 Å². The summed E-state index contributed by atoms with van der Waals surface area (Å²) in [6, 6.07) is 6.54. The molecule has 16 heavy (non-hydrogen) atoms. The van der Waals surface area contributed by atoms with Gasteiger partial charge in [-0.25, -0.2) is 14.4 Å². The van der Waals surface area contributed by atoms with Crippen LogP contribution in [0.1, 0.15) is 22.5 Å². The van der Waals surface area contributed by atoms with Gasteiger partial charge in [-0.1, -0.05) is 12.1 Å². The number of hydrogen-bond acceptors (Lipinski definition) is 2. The van der Waals surface area contributed by atoms with Gasteiger partial charge in [0.1, 0.15) is 12.1 Å². The second kappa shape index (κ2) is 4.39. The lowest BCUT2D eigenvalue weighted by atomic mass is 10.0. The van der Waals surface area contributed by atoms with Crippen LogP contribution in [0.2, 0.25) is 0 Å². The second-order valence-corrected chi connectivity index (χ2v) is 3.83. The number of hydrogen-bond donors (Lipinski definition) is 0. The zero-order valence-electron chi connectivity index (χ0n) is 9.37. The molecule has 0 radical (unpaired) electrons. The highest BCUT2D eigenvalue weighted by molar-refractivity contribution is 5.30. The second-order valence-electron chi connectivity index (χ2n) is 3.83. The minimum atomic E-state index is -0.207.